The number of aryl methyl sites for hydroxylation is 1. The number of halogens is 2. The molecule has 0 atom stereocenters. The molecular weight excluding hydrogens is 476 g/mol. The maximum atomic E-state index is 4.45. The molecule has 3 aromatic rings. The van der Waals surface area contributed by atoms with E-state index in [2.05, 4.69) is 48.3 Å². The molecule has 1 heterocycles. The maximum Gasteiger partial charge on any atom is 4.00 e. The van der Waals surface area contributed by atoms with Gasteiger partial charge in [0.25, 0.3) is 0 Å². The number of nitrogens with zero attached hydrogens (tertiary/aromatic N) is 1. The van der Waals surface area contributed by atoms with E-state index < -0.39 is 0 Å². The van der Waals surface area contributed by atoms with Gasteiger partial charge in [-0.15, -0.1) is 0 Å². The van der Waals surface area contributed by atoms with E-state index in [1.165, 1.54) is 21.7 Å². The van der Waals surface area contributed by atoms with Crippen LogP contribution < -0.4 is 24.8 Å². The number of nitrogens with two attached hydrogens (primary N) is 2. The zero-order chi connectivity index (χ0) is 10.3. The monoisotopic (exact) mass is 490 g/mol. The summed E-state index contributed by atoms with van der Waals surface area (Å²) in [6.07, 6.45) is 1.95. The van der Waals surface area contributed by atoms with E-state index >= 15 is 0 Å². The Balaban J connectivity index is -0.000000578. The van der Waals surface area contributed by atoms with Gasteiger partial charge in [-0.25, -0.2) is 0 Å². The molecule has 0 bridgehead atoms. The molecule has 2 aromatic carbocycles. The molecule has 0 aliphatic carbocycles. The number of hydrogen-bond acceptors (Lipinski definition) is 1. The van der Waals surface area contributed by atoms with Gasteiger partial charge in [0.1, 0.15) is 0 Å². The summed E-state index contributed by atoms with van der Waals surface area (Å²) in [5.74, 6) is 0. The predicted octanol–water partition coefficient (Wildman–Crippen LogP) is -0.864. The van der Waals surface area contributed by atoms with Crippen molar-refractivity contribution >= 4 is 21.7 Å². The summed E-state index contributed by atoms with van der Waals surface area (Å²) in [4.78, 5) is 4.45. The molecule has 0 amide bonds. The van der Waals surface area contributed by atoms with Gasteiger partial charge in [0.2, 0.25) is 0 Å². The first-order valence-corrected chi connectivity index (χ1v) is 5.09. The summed E-state index contributed by atoms with van der Waals surface area (Å²) >= 11 is 0. The zero-order valence-electron chi connectivity index (χ0n) is 10.8. The fourth-order valence-corrected chi connectivity index (χ4v) is 1.99. The van der Waals surface area contributed by atoms with Crippen LogP contribution in [0.1, 0.15) is 5.56 Å². The van der Waals surface area contributed by atoms with E-state index in [1.807, 2.05) is 12.3 Å². The minimum atomic E-state index is 0. The summed E-state index contributed by atoms with van der Waals surface area (Å²) < 4.78 is 0. The molecule has 4 N–H and O–H groups in total. The van der Waals surface area contributed by atoms with E-state index in [4.69, 9.17) is 0 Å². The molecule has 1 aromatic heterocycles. The smallest absolute Gasteiger partial charge is 1.00 e. The molecule has 0 saturated carbocycles. The topological polar surface area (TPSA) is 79.9 Å². The van der Waals surface area contributed by atoms with Crippen LogP contribution >= 0.6 is 0 Å². The van der Waals surface area contributed by atoms with Gasteiger partial charge < -0.3 is 37.1 Å². The number of para-hydroxylation sites is 1. The Morgan fingerprint density at radius 1 is 0.850 bits per heavy atom. The summed E-state index contributed by atoms with van der Waals surface area (Å²) in [6, 6.07) is 14.8. The Morgan fingerprint density at radius 2 is 1.50 bits per heavy atom. The predicted molar refractivity (Wildman–Crippen MR) is 74.6 cm³/mol. The van der Waals surface area contributed by atoms with E-state index in [9.17, 15) is 0 Å². The fraction of sp³-hybridized carbons (Fsp3) is 0.0714. The Morgan fingerprint density at radius 3 is 2.20 bits per heavy atom. The van der Waals surface area contributed by atoms with Crippen molar-refractivity contribution in [3.63, 3.8) is 0 Å². The number of aromatic nitrogens is 1. The third-order valence-corrected chi connectivity index (χ3v) is 2.74. The average molecular weight is 491 g/mol. The Bertz CT molecular complexity index is 662. The van der Waals surface area contributed by atoms with E-state index in [0.29, 0.717) is 0 Å². The van der Waals surface area contributed by atoms with E-state index in [0.717, 1.165) is 5.52 Å². The van der Waals surface area contributed by atoms with Gasteiger partial charge in [-0.05, 0) is 24.4 Å². The minimum absolute atomic E-state index is 0. The van der Waals surface area contributed by atoms with Crippen molar-refractivity contribution < 1.29 is 45.9 Å². The summed E-state index contributed by atoms with van der Waals surface area (Å²) in [5.41, 5.74) is 2.34. The molecule has 20 heavy (non-hydrogen) atoms. The van der Waals surface area contributed by atoms with Crippen molar-refractivity contribution in [3.05, 3.63) is 66.5 Å². The molecule has 0 spiro atoms. The van der Waals surface area contributed by atoms with Crippen molar-refractivity contribution in [1.82, 2.24) is 4.98 Å². The molecule has 0 radical (unpaired) electrons. The largest absolute Gasteiger partial charge is 4.00 e. The number of hydrogen-bond donors (Lipinski definition) is 0. The molecular formula is C14H15Cl2N3Pt. The number of fused-ring (bicyclic) bond motifs is 3. The standard InChI is InChI=1S/C14H11N.2ClH.2H2N.Pt/c1-10-6-7-12-11(8-10)9-15-14-5-3-2-4-13(12)14;;;;;/h2-9H,1H3;2*1H;2*1H2;/q;;;2*-1;+4/p-2. The van der Waals surface area contributed by atoms with Crippen LogP contribution in [-0.4, -0.2) is 4.98 Å². The summed E-state index contributed by atoms with van der Waals surface area (Å²) in [5, 5.41) is 3.73. The van der Waals surface area contributed by atoms with Crippen LogP contribution in [0.25, 0.3) is 34.0 Å². The molecule has 0 aliphatic heterocycles. The molecule has 0 saturated heterocycles. The summed E-state index contributed by atoms with van der Waals surface area (Å²) in [7, 11) is 0. The van der Waals surface area contributed by atoms with E-state index in [-0.39, 0.29) is 58.2 Å². The number of rotatable bonds is 0. The second-order valence-electron chi connectivity index (χ2n) is 3.87. The SMILES string of the molecule is Cc1ccc2c(cnc3ccccc32)c1.[Cl-].[Cl-].[NH2-].[NH2-].[Pt+4]. The maximum absolute atomic E-state index is 4.45. The summed E-state index contributed by atoms with van der Waals surface area (Å²) in [6.45, 7) is 2.11. The first-order chi connectivity index (χ1) is 7.34. The molecule has 0 fully saturated rings. The fourth-order valence-electron chi connectivity index (χ4n) is 1.99. The van der Waals surface area contributed by atoms with Crippen molar-refractivity contribution in [1.29, 1.82) is 0 Å². The zero-order valence-corrected chi connectivity index (χ0v) is 14.6. The molecule has 0 aliphatic rings. The van der Waals surface area contributed by atoms with Crippen LogP contribution in [0.2, 0.25) is 0 Å². The average Bonchev–Trinajstić information content (AvgIpc) is 2.28. The van der Waals surface area contributed by atoms with Gasteiger partial charge in [0.15, 0.2) is 0 Å². The van der Waals surface area contributed by atoms with Crippen LogP contribution in [0.15, 0.2) is 48.7 Å². The van der Waals surface area contributed by atoms with Gasteiger partial charge >= 0.3 is 21.1 Å². The third kappa shape index (κ3) is 4.40. The number of benzene rings is 2. The number of pyridine rings is 1. The molecule has 6 heteroatoms. The van der Waals surface area contributed by atoms with Crippen molar-refractivity contribution in [2.75, 3.05) is 0 Å². The van der Waals surface area contributed by atoms with Gasteiger partial charge in [0, 0.05) is 17.0 Å². The Hall–Kier alpha value is -0.702. The third-order valence-electron chi connectivity index (χ3n) is 2.74. The van der Waals surface area contributed by atoms with Gasteiger partial charge in [0.05, 0.1) is 5.52 Å². The van der Waals surface area contributed by atoms with Crippen molar-refractivity contribution in [3.8, 4) is 0 Å². The Labute approximate surface area is 145 Å². The normalized spacial score (nSPS) is 8.25. The van der Waals surface area contributed by atoms with Crippen molar-refractivity contribution in [2.24, 2.45) is 0 Å². The Kier molecular flexibility index (Phi) is 12.3. The molecule has 3 rings (SSSR count). The van der Waals surface area contributed by atoms with Crippen LogP contribution in [0.4, 0.5) is 0 Å². The van der Waals surface area contributed by atoms with Crippen LogP contribution in [0.5, 0.6) is 0 Å². The van der Waals surface area contributed by atoms with Gasteiger partial charge in [-0.2, -0.15) is 0 Å². The van der Waals surface area contributed by atoms with E-state index in [1.54, 1.807) is 0 Å². The minimum Gasteiger partial charge on any atom is -1.00 e. The molecule has 3 nitrogen and oxygen atoms in total. The van der Waals surface area contributed by atoms with Crippen LogP contribution in [0, 0.1) is 6.92 Å². The first-order valence-electron chi connectivity index (χ1n) is 5.09. The second kappa shape index (κ2) is 10.1. The quantitative estimate of drug-likeness (QED) is 0.377. The van der Waals surface area contributed by atoms with Crippen molar-refractivity contribution in [2.45, 2.75) is 6.92 Å². The van der Waals surface area contributed by atoms with Crippen LogP contribution in [-0.2, 0) is 21.1 Å². The second-order valence-corrected chi connectivity index (χ2v) is 3.87. The molecule has 110 valence electrons. The van der Waals surface area contributed by atoms with Gasteiger partial charge in [-0.1, -0.05) is 35.9 Å². The molecule has 0 unspecified atom stereocenters. The first kappa shape index (κ1) is 24.3. The van der Waals surface area contributed by atoms with Crippen LogP contribution in [0.3, 0.4) is 0 Å². The van der Waals surface area contributed by atoms with Gasteiger partial charge in [-0.3, -0.25) is 4.98 Å².